The minimum atomic E-state index is -0.271. The molecule has 0 spiro atoms. The van der Waals surface area contributed by atoms with Gasteiger partial charge in [0.05, 0.1) is 4.83 Å². The van der Waals surface area contributed by atoms with Crippen LogP contribution in [0.25, 0.3) is 0 Å². The molecule has 1 unspecified atom stereocenters. The van der Waals surface area contributed by atoms with Gasteiger partial charge in [-0.3, -0.25) is 4.79 Å². The molecule has 1 N–H and O–H groups in total. The standard InChI is InChI=1S/C10H11BrO2/c1-6-5-8(3-4-9(6)13)10(11)7(2)12/h3-5,10,13H,1-2H3. The fourth-order valence-corrected chi connectivity index (χ4v) is 1.36. The van der Waals surface area contributed by atoms with Crippen molar-refractivity contribution in [3.05, 3.63) is 29.3 Å². The fraction of sp³-hybridized carbons (Fsp3) is 0.300. The van der Waals surface area contributed by atoms with Crippen molar-refractivity contribution >= 4 is 21.7 Å². The zero-order valence-electron chi connectivity index (χ0n) is 7.54. The van der Waals surface area contributed by atoms with E-state index >= 15 is 0 Å². The van der Waals surface area contributed by atoms with Gasteiger partial charge in [-0.2, -0.15) is 0 Å². The summed E-state index contributed by atoms with van der Waals surface area (Å²) in [6, 6.07) is 5.14. The summed E-state index contributed by atoms with van der Waals surface area (Å²) in [4.78, 5) is 10.8. The molecule has 0 aliphatic carbocycles. The van der Waals surface area contributed by atoms with Gasteiger partial charge in [-0.1, -0.05) is 28.1 Å². The lowest BCUT2D eigenvalue weighted by Crippen LogP contribution is -2.00. The second kappa shape index (κ2) is 3.92. The highest BCUT2D eigenvalue weighted by molar-refractivity contribution is 9.09. The maximum atomic E-state index is 11.0. The number of carbonyl (C=O) groups is 1. The highest BCUT2D eigenvalue weighted by Gasteiger charge is 2.12. The second-order valence-electron chi connectivity index (χ2n) is 3.02. The average molecular weight is 243 g/mol. The van der Waals surface area contributed by atoms with E-state index in [1.54, 1.807) is 25.1 Å². The number of hydrogen-bond donors (Lipinski definition) is 1. The number of hydrogen-bond acceptors (Lipinski definition) is 2. The maximum absolute atomic E-state index is 11.0. The molecule has 0 aliphatic rings. The number of alkyl halides is 1. The van der Waals surface area contributed by atoms with Gasteiger partial charge in [0.2, 0.25) is 0 Å². The van der Waals surface area contributed by atoms with E-state index in [4.69, 9.17) is 0 Å². The Hall–Kier alpha value is -0.830. The summed E-state index contributed by atoms with van der Waals surface area (Å²) < 4.78 is 0. The SMILES string of the molecule is CC(=O)C(Br)c1ccc(O)c(C)c1. The lowest BCUT2D eigenvalue weighted by atomic mass is 10.1. The maximum Gasteiger partial charge on any atom is 0.147 e. The molecule has 1 rings (SSSR count). The van der Waals surface area contributed by atoms with E-state index in [-0.39, 0.29) is 16.4 Å². The van der Waals surface area contributed by atoms with Gasteiger partial charge in [0, 0.05) is 0 Å². The fourth-order valence-electron chi connectivity index (χ4n) is 1.07. The van der Waals surface area contributed by atoms with E-state index in [0.717, 1.165) is 11.1 Å². The van der Waals surface area contributed by atoms with E-state index in [1.807, 2.05) is 0 Å². The van der Waals surface area contributed by atoms with Gasteiger partial charge >= 0.3 is 0 Å². The van der Waals surface area contributed by atoms with Gasteiger partial charge in [-0.05, 0) is 31.0 Å². The lowest BCUT2D eigenvalue weighted by molar-refractivity contribution is -0.116. The number of benzene rings is 1. The predicted octanol–water partition coefficient (Wildman–Crippen LogP) is 2.73. The number of ketones is 1. The number of rotatable bonds is 2. The van der Waals surface area contributed by atoms with E-state index in [1.165, 1.54) is 6.92 Å². The molecule has 0 amide bonds. The number of phenolic OH excluding ortho intramolecular Hbond substituents is 1. The first-order valence-electron chi connectivity index (χ1n) is 3.96. The topological polar surface area (TPSA) is 37.3 Å². The molecule has 70 valence electrons. The zero-order chi connectivity index (χ0) is 10.0. The average Bonchev–Trinajstić information content (AvgIpc) is 2.08. The second-order valence-corrected chi connectivity index (χ2v) is 3.93. The van der Waals surface area contributed by atoms with Crippen LogP contribution in [0.4, 0.5) is 0 Å². The Morgan fingerprint density at radius 1 is 1.54 bits per heavy atom. The molecule has 2 nitrogen and oxygen atoms in total. The van der Waals surface area contributed by atoms with Crippen molar-refractivity contribution in [1.82, 2.24) is 0 Å². The van der Waals surface area contributed by atoms with Crippen molar-refractivity contribution in [2.24, 2.45) is 0 Å². The van der Waals surface area contributed by atoms with E-state index in [0.29, 0.717) is 0 Å². The van der Waals surface area contributed by atoms with Crippen molar-refractivity contribution in [2.45, 2.75) is 18.7 Å². The highest BCUT2D eigenvalue weighted by atomic mass is 79.9. The Morgan fingerprint density at radius 3 is 2.62 bits per heavy atom. The molecule has 0 saturated carbocycles. The summed E-state index contributed by atoms with van der Waals surface area (Å²) in [5, 5.41) is 9.26. The summed E-state index contributed by atoms with van der Waals surface area (Å²) in [5.74, 6) is 0.317. The first kappa shape index (κ1) is 10.3. The van der Waals surface area contributed by atoms with Crippen LogP contribution in [0.15, 0.2) is 18.2 Å². The predicted molar refractivity (Wildman–Crippen MR) is 55.2 cm³/mol. The summed E-state index contributed by atoms with van der Waals surface area (Å²) in [7, 11) is 0. The van der Waals surface area contributed by atoms with Crippen molar-refractivity contribution in [2.75, 3.05) is 0 Å². The van der Waals surface area contributed by atoms with Crippen LogP contribution in [-0.4, -0.2) is 10.9 Å². The van der Waals surface area contributed by atoms with Crippen LogP contribution < -0.4 is 0 Å². The Balaban J connectivity index is 3.03. The molecular weight excluding hydrogens is 232 g/mol. The van der Waals surface area contributed by atoms with Crippen LogP contribution in [-0.2, 0) is 4.79 Å². The van der Waals surface area contributed by atoms with Gasteiger partial charge in [-0.25, -0.2) is 0 Å². The van der Waals surface area contributed by atoms with Gasteiger partial charge in [-0.15, -0.1) is 0 Å². The molecule has 0 aliphatic heterocycles. The van der Waals surface area contributed by atoms with Crippen LogP contribution in [0, 0.1) is 6.92 Å². The van der Waals surface area contributed by atoms with Crippen molar-refractivity contribution in [3.8, 4) is 5.75 Å². The van der Waals surface area contributed by atoms with Crippen molar-refractivity contribution < 1.29 is 9.90 Å². The molecule has 1 atom stereocenters. The highest BCUT2D eigenvalue weighted by Crippen LogP contribution is 2.27. The third-order valence-electron chi connectivity index (χ3n) is 1.87. The first-order chi connectivity index (χ1) is 6.02. The molecule has 0 aromatic heterocycles. The van der Waals surface area contributed by atoms with Crippen molar-refractivity contribution in [3.63, 3.8) is 0 Å². The number of aromatic hydroxyl groups is 1. The Morgan fingerprint density at radius 2 is 2.15 bits per heavy atom. The zero-order valence-corrected chi connectivity index (χ0v) is 9.13. The van der Waals surface area contributed by atoms with Crippen LogP contribution in [0.2, 0.25) is 0 Å². The Bertz CT molecular complexity index is 334. The van der Waals surface area contributed by atoms with Crippen LogP contribution >= 0.6 is 15.9 Å². The van der Waals surface area contributed by atoms with Gasteiger partial charge in [0.1, 0.15) is 11.5 Å². The number of phenols is 1. The first-order valence-corrected chi connectivity index (χ1v) is 4.88. The minimum Gasteiger partial charge on any atom is -0.508 e. The summed E-state index contributed by atoms with van der Waals surface area (Å²) in [5.41, 5.74) is 1.66. The summed E-state index contributed by atoms with van der Waals surface area (Å²) >= 11 is 3.28. The van der Waals surface area contributed by atoms with E-state index in [9.17, 15) is 9.90 Å². The van der Waals surface area contributed by atoms with Crippen molar-refractivity contribution in [1.29, 1.82) is 0 Å². The summed E-state index contributed by atoms with van der Waals surface area (Å²) in [6.45, 7) is 3.33. The van der Waals surface area contributed by atoms with Crippen LogP contribution in [0.3, 0.4) is 0 Å². The van der Waals surface area contributed by atoms with E-state index in [2.05, 4.69) is 15.9 Å². The number of aryl methyl sites for hydroxylation is 1. The van der Waals surface area contributed by atoms with E-state index < -0.39 is 0 Å². The van der Waals surface area contributed by atoms with Gasteiger partial charge < -0.3 is 5.11 Å². The molecule has 0 bridgehead atoms. The normalized spacial score (nSPS) is 12.5. The van der Waals surface area contributed by atoms with Crippen LogP contribution in [0.5, 0.6) is 5.75 Å². The monoisotopic (exact) mass is 242 g/mol. The number of Topliss-reactive ketones (excluding diaryl/α,β-unsaturated/α-hetero) is 1. The largest absolute Gasteiger partial charge is 0.508 e. The molecule has 0 heterocycles. The van der Waals surface area contributed by atoms with Gasteiger partial charge in [0.25, 0.3) is 0 Å². The molecule has 13 heavy (non-hydrogen) atoms. The van der Waals surface area contributed by atoms with Crippen LogP contribution in [0.1, 0.15) is 22.9 Å². The molecular formula is C10H11BrO2. The number of halogens is 1. The summed E-state index contributed by atoms with van der Waals surface area (Å²) in [6.07, 6.45) is 0. The molecule has 1 aromatic rings. The Labute approximate surface area is 85.7 Å². The molecule has 1 aromatic carbocycles. The number of carbonyl (C=O) groups excluding carboxylic acids is 1. The molecule has 0 radical (unpaired) electrons. The van der Waals surface area contributed by atoms with Gasteiger partial charge in [0.15, 0.2) is 0 Å². The molecule has 3 heteroatoms. The smallest absolute Gasteiger partial charge is 0.147 e. The quantitative estimate of drug-likeness (QED) is 0.811. The lowest BCUT2D eigenvalue weighted by Gasteiger charge is -2.07. The third-order valence-corrected chi connectivity index (χ3v) is 3.04. The minimum absolute atomic E-state index is 0.0603. The molecule has 0 fully saturated rings. The third kappa shape index (κ3) is 2.31. The molecule has 0 saturated heterocycles. The Kier molecular flexibility index (Phi) is 3.09.